The molecule has 0 radical (unpaired) electrons. The first-order chi connectivity index (χ1) is 11.6. The van der Waals surface area contributed by atoms with Crippen LogP contribution < -0.4 is 9.73 Å². The van der Waals surface area contributed by atoms with Crippen LogP contribution in [0.5, 0.6) is 5.75 Å². The molecule has 4 nitrogen and oxygen atoms in total. The second-order valence-corrected chi connectivity index (χ2v) is 5.44. The minimum Gasteiger partial charge on any atom is -0.460 e. The number of esters is 1. The number of benzene rings is 3. The minimum absolute atomic E-state index is 0.0454. The van der Waals surface area contributed by atoms with Gasteiger partial charge in [-0.2, -0.15) is 0 Å². The molecule has 0 amide bonds. The van der Waals surface area contributed by atoms with E-state index in [0.29, 0.717) is 23.2 Å². The fraction of sp³-hybridized carbons (Fsp3) is 0.100. The quantitative estimate of drug-likeness (QED) is 0.336. The van der Waals surface area contributed by atoms with Crippen LogP contribution in [0, 0.1) is 0 Å². The van der Waals surface area contributed by atoms with Gasteiger partial charge in [0.15, 0.2) is 6.54 Å². The summed E-state index contributed by atoms with van der Waals surface area (Å²) in [4.78, 5) is 14.4. The number of hydrogen-bond donors (Lipinski definition) is 2. The van der Waals surface area contributed by atoms with Gasteiger partial charge in [0.1, 0.15) is 5.75 Å². The van der Waals surface area contributed by atoms with Gasteiger partial charge < -0.3 is 9.84 Å². The Balaban J connectivity index is 2.03. The van der Waals surface area contributed by atoms with Crippen LogP contribution in [0.3, 0.4) is 0 Å². The van der Waals surface area contributed by atoms with Gasteiger partial charge in [0.25, 0.3) is 0 Å². The summed E-state index contributed by atoms with van der Waals surface area (Å²) in [5.74, 6) is 0.0850. The third-order valence-electron chi connectivity index (χ3n) is 3.68. The number of carbonyl (C=O) groups excluding carboxylic acids is 1. The summed E-state index contributed by atoms with van der Waals surface area (Å²) in [6.45, 7) is 1.86. The third-order valence-corrected chi connectivity index (χ3v) is 3.68. The summed E-state index contributed by atoms with van der Waals surface area (Å²) in [6, 6.07) is 20.8. The molecule has 3 rings (SSSR count). The third kappa shape index (κ3) is 3.43. The maximum absolute atomic E-state index is 11.3. The molecule has 0 saturated carbocycles. The lowest BCUT2D eigenvalue weighted by Gasteiger charge is -2.08. The molecule has 0 heterocycles. The first kappa shape index (κ1) is 15.7. The second-order valence-electron chi connectivity index (χ2n) is 5.44. The van der Waals surface area contributed by atoms with Crippen molar-refractivity contribution >= 4 is 22.6 Å². The number of hydrogen-bond acceptors (Lipinski definition) is 2. The van der Waals surface area contributed by atoms with E-state index in [2.05, 4.69) is 4.99 Å². The van der Waals surface area contributed by atoms with Crippen LogP contribution in [0.15, 0.2) is 66.7 Å². The lowest BCUT2D eigenvalue weighted by atomic mass is 10.0. The van der Waals surface area contributed by atoms with Gasteiger partial charge in [-0.1, -0.05) is 54.6 Å². The van der Waals surface area contributed by atoms with Crippen LogP contribution in [0.25, 0.3) is 10.8 Å². The molecule has 0 atom stereocenters. The maximum atomic E-state index is 11.3. The van der Waals surface area contributed by atoms with Crippen LogP contribution in [0.4, 0.5) is 0 Å². The number of aliphatic hydroxyl groups is 1. The molecule has 0 bridgehead atoms. The van der Waals surface area contributed by atoms with Crippen molar-refractivity contribution in [3.63, 3.8) is 0 Å². The average Bonchev–Trinajstić information content (AvgIpc) is 2.60. The Labute approximate surface area is 140 Å². The fourth-order valence-corrected chi connectivity index (χ4v) is 2.62. The van der Waals surface area contributed by atoms with E-state index < -0.39 is 5.97 Å². The number of fused-ring (bicyclic) bond motifs is 1. The van der Waals surface area contributed by atoms with E-state index in [1.807, 2.05) is 54.6 Å². The van der Waals surface area contributed by atoms with Crippen molar-refractivity contribution < 1.29 is 19.6 Å². The van der Waals surface area contributed by atoms with Gasteiger partial charge in [-0.15, -0.1) is 0 Å². The first-order valence-corrected chi connectivity index (χ1v) is 7.69. The Morgan fingerprint density at radius 1 is 1.00 bits per heavy atom. The normalized spacial score (nSPS) is 11.5. The molecular weight excluding hydrogens is 302 g/mol. The lowest BCUT2D eigenvalue weighted by Crippen LogP contribution is -2.71. The monoisotopic (exact) mass is 320 g/mol. The van der Waals surface area contributed by atoms with E-state index in [1.165, 1.54) is 6.92 Å². The van der Waals surface area contributed by atoms with Crippen LogP contribution in [0.2, 0.25) is 0 Å². The molecular formula is C20H18NO3+. The highest BCUT2D eigenvalue weighted by atomic mass is 16.5. The highest BCUT2D eigenvalue weighted by Crippen LogP contribution is 2.28. The van der Waals surface area contributed by atoms with E-state index in [-0.39, 0.29) is 5.90 Å². The molecule has 4 heteroatoms. The topological polar surface area (TPSA) is 60.5 Å². The van der Waals surface area contributed by atoms with Crippen molar-refractivity contribution in [2.24, 2.45) is 0 Å². The molecule has 0 aliphatic carbocycles. The molecule has 0 unspecified atom stereocenters. The molecule has 24 heavy (non-hydrogen) atoms. The van der Waals surface area contributed by atoms with Crippen molar-refractivity contribution in [3.05, 3.63) is 77.9 Å². The average molecular weight is 320 g/mol. The fourth-order valence-electron chi connectivity index (χ4n) is 2.62. The zero-order valence-electron chi connectivity index (χ0n) is 13.3. The van der Waals surface area contributed by atoms with Gasteiger partial charge >= 0.3 is 11.9 Å². The van der Waals surface area contributed by atoms with E-state index in [4.69, 9.17) is 4.74 Å². The molecule has 0 aromatic heterocycles. The van der Waals surface area contributed by atoms with Gasteiger partial charge in [0.05, 0.1) is 5.56 Å². The molecule has 2 N–H and O–H groups in total. The summed E-state index contributed by atoms with van der Waals surface area (Å²) < 4.78 is 5.29. The first-order valence-electron chi connectivity index (χ1n) is 7.69. The Kier molecular flexibility index (Phi) is 4.57. The summed E-state index contributed by atoms with van der Waals surface area (Å²) >= 11 is 0. The number of aliphatic hydroxyl groups excluding tert-OH is 1. The molecule has 0 spiro atoms. The summed E-state index contributed by atoms with van der Waals surface area (Å²) in [7, 11) is 0. The van der Waals surface area contributed by atoms with Gasteiger partial charge in [-0.05, 0) is 17.5 Å². The van der Waals surface area contributed by atoms with Crippen molar-refractivity contribution in [1.82, 2.24) is 0 Å². The van der Waals surface area contributed by atoms with Crippen molar-refractivity contribution in [1.29, 1.82) is 0 Å². The van der Waals surface area contributed by atoms with Gasteiger partial charge in [-0.25, -0.2) is 4.99 Å². The molecule has 3 aromatic carbocycles. The molecule has 0 aliphatic rings. The number of ether oxygens (including phenoxy) is 1. The van der Waals surface area contributed by atoms with E-state index >= 15 is 0 Å². The SMILES string of the molecule is CC(=O)Oc1cccc2cccc(C(O)=[NH+]Cc3ccccc3)c12. The lowest BCUT2D eigenvalue weighted by molar-refractivity contribution is -0.483. The van der Waals surface area contributed by atoms with E-state index in [9.17, 15) is 9.90 Å². The molecule has 0 saturated heterocycles. The second kappa shape index (κ2) is 6.96. The van der Waals surface area contributed by atoms with E-state index in [1.54, 1.807) is 12.1 Å². The van der Waals surface area contributed by atoms with Crippen LogP contribution >= 0.6 is 0 Å². The number of carbonyl (C=O) groups is 1. The predicted molar refractivity (Wildman–Crippen MR) is 93.1 cm³/mol. The Bertz CT molecular complexity index is 896. The zero-order chi connectivity index (χ0) is 16.9. The predicted octanol–water partition coefficient (Wildman–Crippen LogP) is 2.35. The van der Waals surface area contributed by atoms with Crippen LogP contribution in [0.1, 0.15) is 18.1 Å². The highest BCUT2D eigenvalue weighted by molar-refractivity contribution is 6.06. The van der Waals surface area contributed by atoms with Crippen molar-refractivity contribution in [2.75, 3.05) is 0 Å². The Morgan fingerprint density at radius 2 is 1.71 bits per heavy atom. The van der Waals surface area contributed by atoms with Crippen molar-refractivity contribution in [2.45, 2.75) is 13.5 Å². The zero-order valence-corrected chi connectivity index (χ0v) is 13.3. The van der Waals surface area contributed by atoms with Gasteiger partial charge in [0, 0.05) is 17.9 Å². The summed E-state index contributed by atoms with van der Waals surface area (Å²) in [5, 5.41) is 12.1. The largest absolute Gasteiger partial charge is 0.460 e. The minimum atomic E-state index is -0.394. The van der Waals surface area contributed by atoms with Crippen LogP contribution in [-0.2, 0) is 11.3 Å². The van der Waals surface area contributed by atoms with Crippen molar-refractivity contribution in [3.8, 4) is 5.75 Å². The van der Waals surface area contributed by atoms with E-state index in [0.717, 1.165) is 10.9 Å². The standard InChI is InChI=1S/C20H17NO3/c1-14(22)24-18-12-6-10-16-9-5-11-17(19(16)18)20(23)21-13-15-7-3-2-4-8-15/h2-12H,13H2,1H3,(H,21,23)/p+1. The molecule has 0 fully saturated rings. The number of rotatable bonds is 4. The Morgan fingerprint density at radius 3 is 2.42 bits per heavy atom. The van der Waals surface area contributed by atoms with Crippen LogP contribution in [-0.4, -0.2) is 17.0 Å². The molecule has 3 aromatic rings. The Hall–Kier alpha value is -3.14. The maximum Gasteiger partial charge on any atom is 0.366 e. The van der Waals surface area contributed by atoms with Gasteiger partial charge in [-0.3, -0.25) is 4.79 Å². The number of nitrogens with one attached hydrogen (secondary N) is 1. The highest BCUT2D eigenvalue weighted by Gasteiger charge is 2.16. The van der Waals surface area contributed by atoms with Gasteiger partial charge in [0.2, 0.25) is 0 Å². The molecule has 120 valence electrons. The smallest absolute Gasteiger partial charge is 0.366 e. The molecule has 0 aliphatic heterocycles. The summed E-state index contributed by atoms with van der Waals surface area (Å²) in [6.07, 6.45) is 0. The summed E-state index contributed by atoms with van der Waals surface area (Å²) in [5.41, 5.74) is 1.66.